The zero-order valence-electron chi connectivity index (χ0n) is 17.7. The Labute approximate surface area is 186 Å². The van der Waals surface area contributed by atoms with E-state index < -0.39 is 24.2 Å². The van der Waals surface area contributed by atoms with Gasteiger partial charge in [-0.15, -0.1) is 0 Å². The first kappa shape index (κ1) is 24.6. The fourth-order valence-electron chi connectivity index (χ4n) is 3.21. The monoisotopic (exact) mass is 453 g/mol. The lowest BCUT2D eigenvalue weighted by atomic mass is 10.2. The summed E-state index contributed by atoms with van der Waals surface area (Å²) < 4.78 is 10.5. The van der Waals surface area contributed by atoms with E-state index in [2.05, 4.69) is 10.6 Å². The van der Waals surface area contributed by atoms with Gasteiger partial charge in [0.2, 0.25) is 18.1 Å². The molecule has 0 aliphatic carbocycles. The maximum absolute atomic E-state index is 12.6. The molecule has 1 aliphatic rings. The van der Waals surface area contributed by atoms with E-state index in [0.29, 0.717) is 31.0 Å². The number of carbonyl (C=O) groups excluding carboxylic acids is 4. The number of ether oxygens (including phenoxy) is 2. The summed E-state index contributed by atoms with van der Waals surface area (Å²) in [6.07, 6.45) is 1.02. The number of hydrogen-bond acceptors (Lipinski definition) is 6. The van der Waals surface area contributed by atoms with Gasteiger partial charge in [-0.25, -0.2) is 0 Å². The van der Waals surface area contributed by atoms with Gasteiger partial charge in [-0.05, 0) is 31.4 Å². The molecule has 0 saturated carbocycles. The van der Waals surface area contributed by atoms with Gasteiger partial charge in [0.1, 0.15) is 6.04 Å². The van der Waals surface area contributed by atoms with Crippen LogP contribution in [0.15, 0.2) is 24.3 Å². The lowest BCUT2D eigenvalue weighted by Gasteiger charge is -2.25. The second-order valence-corrected chi connectivity index (χ2v) is 7.47. The number of halogens is 1. The molecular formula is C21H28ClN3O6. The number of hydrogen-bond donors (Lipinski definition) is 2. The Hall–Kier alpha value is -2.65. The quantitative estimate of drug-likeness (QED) is 0.410. The highest BCUT2D eigenvalue weighted by Gasteiger charge is 2.34. The van der Waals surface area contributed by atoms with Crippen molar-refractivity contribution in [3.8, 4) is 0 Å². The van der Waals surface area contributed by atoms with Crippen molar-refractivity contribution in [3.63, 3.8) is 0 Å². The standard InChI is InChI=1S/C21H28ClN3O6/c1-3-11-30-19(31-14(2)26)13-24-21(29)17-9-6-10-25(17)18(27)12-23-20(28)15-7-4-5-8-16(15)22/h4-5,7-8,17,19H,3,6,9-13H2,1-2H3,(H,23,28)(H,24,29)/t17-,19+/m0/s1. The molecule has 1 fully saturated rings. The lowest BCUT2D eigenvalue weighted by molar-refractivity contribution is -0.176. The Balaban J connectivity index is 1.88. The summed E-state index contributed by atoms with van der Waals surface area (Å²) in [5.74, 6) is -1.70. The van der Waals surface area contributed by atoms with Crippen LogP contribution in [0.2, 0.25) is 5.02 Å². The summed E-state index contributed by atoms with van der Waals surface area (Å²) in [4.78, 5) is 50.1. The van der Waals surface area contributed by atoms with Crippen molar-refractivity contribution in [2.45, 2.75) is 45.4 Å². The number of amides is 3. The number of likely N-dealkylation sites (tertiary alicyclic amines) is 1. The third-order valence-electron chi connectivity index (χ3n) is 4.64. The number of nitrogens with one attached hydrogen (secondary N) is 2. The molecule has 3 amide bonds. The van der Waals surface area contributed by atoms with Gasteiger partial charge >= 0.3 is 5.97 Å². The Kier molecular flexibility index (Phi) is 9.74. The highest BCUT2D eigenvalue weighted by atomic mass is 35.5. The first-order valence-electron chi connectivity index (χ1n) is 10.2. The van der Waals surface area contributed by atoms with E-state index in [1.54, 1.807) is 24.3 Å². The van der Waals surface area contributed by atoms with Gasteiger partial charge in [0.05, 0.1) is 30.3 Å². The van der Waals surface area contributed by atoms with Crippen molar-refractivity contribution in [2.75, 3.05) is 26.2 Å². The van der Waals surface area contributed by atoms with Crippen LogP contribution in [0, 0.1) is 0 Å². The average Bonchev–Trinajstić information content (AvgIpc) is 3.23. The highest BCUT2D eigenvalue weighted by molar-refractivity contribution is 6.33. The molecule has 1 aromatic carbocycles. The minimum Gasteiger partial charge on any atom is -0.434 e. The average molecular weight is 454 g/mol. The van der Waals surface area contributed by atoms with E-state index in [1.165, 1.54) is 11.8 Å². The fraction of sp³-hybridized carbons (Fsp3) is 0.524. The molecule has 2 rings (SSSR count). The molecule has 170 valence electrons. The van der Waals surface area contributed by atoms with Crippen LogP contribution in [-0.2, 0) is 23.9 Å². The van der Waals surface area contributed by atoms with Crippen molar-refractivity contribution in [1.29, 1.82) is 0 Å². The summed E-state index contributed by atoms with van der Waals surface area (Å²) in [5.41, 5.74) is 0.274. The number of nitrogens with zero attached hydrogens (tertiary/aromatic N) is 1. The van der Waals surface area contributed by atoms with E-state index in [1.807, 2.05) is 6.92 Å². The van der Waals surface area contributed by atoms with Crippen molar-refractivity contribution >= 4 is 35.3 Å². The molecule has 1 aromatic rings. The SMILES string of the molecule is CCCO[C@@H](CNC(=O)[C@@H]1CCCN1C(=O)CNC(=O)c1ccccc1Cl)OC(C)=O. The minimum absolute atomic E-state index is 0.0137. The highest BCUT2D eigenvalue weighted by Crippen LogP contribution is 2.18. The molecule has 0 bridgehead atoms. The van der Waals surface area contributed by atoms with Crippen LogP contribution < -0.4 is 10.6 Å². The molecule has 0 aromatic heterocycles. The summed E-state index contributed by atoms with van der Waals surface area (Å²) in [7, 11) is 0. The molecule has 2 atom stereocenters. The molecule has 9 nitrogen and oxygen atoms in total. The molecule has 31 heavy (non-hydrogen) atoms. The van der Waals surface area contributed by atoms with Gasteiger partial charge in [-0.2, -0.15) is 0 Å². The van der Waals surface area contributed by atoms with E-state index in [0.717, 1.165) is 6.42 Å². The fourth-order valence-corrected chi connectivity index (χ4v) is 3.43. The predicted octanol–water partition coefficient (Wildman–Crippen LogP) is 1.49. The third kappa shape index (κ3) is 7.52. The molecule has 10 heteroatoms. The topological polar surface area (TPSA) is 114 Å². The lowest BCUT2D eigenvalue weighted by Crippen LogP contribution is -2.50. The number of rotatable bonds is 10. The summed E-state index contributed by atoms with van der Waals surface area (Å²) >= 11 is 6.00. The van der Waals surface area contributed by atoms with E-state index >= 15 is 0 Å². The van der Waals surface area contributed by atoms with Crippen LogP contribution in [0.4, 0.5) is 0 Å². The van der Waals surface area contributed by atoms with Crippen molar-refractivity contribution in [2.24, 2.45) is 0 Å². The second-order valence-electron chi connectivity index (χ2n) is 7.06. The summed E-state index contributed by atoms with van der Waals surface area (Å²) in [6, 6.07) is 5.88. The van der Waals surface area contributed by atoms with Crippen LogP contribution in [0.5, 0.6) is 0 Å². The molecule has 1 aliphatic heterocycles. The normalized spacial score (nSPS) is 16.5. The molecule has 2 N–H and O–H groups in total. The third-order valence-corrected chi connectivity index (χ3v) is 4.97. The first-order chi connectivity index (χ1) is 14.8. The van der Waals surface area contributed by atoms with Crippen LogP contribution in [0.25, 0.3) is 0 Å². The van der Waals surface area contributed by atoms with Crippen molar-refractivity contribution in [3.05, 3.63) is 34.9 Å². The van der Waals surface area contributed by atoms with E-state index in [9.17, 15) is 19.2 Å². The van der Waals surface area contributed by atoms with Crippen LogP contribution in [0.1, 0.15) is 43.5 Å². The first-order valence-corrected chi connectivity index (χ1v) is 10.6. The molecule has 0 unspecified atom stereocenters. The van der Waals surface area contributed by atoms with Crippen LogP contribution in [0.3, 0.4) is 0 Å². The Morgan fingerprint density at radius 2 is 1.97 bits per heavy atom. The smallest absolute Gasteiger partial charge is 0.305 e. The largest absolute Gasteiger partial charge is 0.434 e. The number of carbonyl (C=O) groups is 4. The predicted molar refractivity (Wildman–Crippen MR) is 113 cm³/mol. The van der Waals surface area contributed by atoms with Gasteiger partial charge in [0.25, 0.3) is 5.91 Å². The van der Waals surface area contributed by atoms with Crippen molar-refractivity contribution < 1.29 is 28.7 Å². The van der Waals surface area contributed by atoms with Crippen LogP contribution >= 0.6 is 11.6 Å². The Bertz CT molecular complexity index is 803. The maximum Gasteiger partial charge on any atom is 0.305 e. The zero-order chi connectivity index (χ0) is 22.8. The Morgan fingerprint density at radius 1 is 1.23 bits per heavy atom. The van der Waals surface area contributed by atoms with Gasteiger partial charge in [-0.3, -0.25) is 19.2 Å². The van der Waals surface area contributed by atoms with Crippen LogP contribution in [-0.4, -0.2) is 67.2 Å². The molecule has 1 saturated heterocycles. The van der Waals surface area contributed by atoms with E-state index in [4.69, 9.17) is 21.1 Å². The summed E-state index contributed by atoms with van der Waals surface area (Å²) in [5, 5.41) is 5.52. The molecule has 0 radical (unpaired) electrons. The molecular weight excluding hydrogens is 426 g/mol. The number of benzene rings is 1. The zero-order valence-corrected chi connectivity index (χ0v) is 18.4. The Morgan fingerprint density at radius 3 is 2.65 bits per heavy atom. The second kappa shape index (κ2) is 12.3. The van der Waals surface area contributed by atoms with Gasteiger partial charge in [0.15, 0.2) is 0 Å². The molecule has 1 heterocycles. The van der Waals surface area contributed by atoms with E-state index in [-0.39, 0.29) is 30.5 Å². The summed E-state index contributed by atoms with van der Waals surface area (Å²) in [6.45, 7) is 3.71. The van der Waals surface area contributed by atoms with Gasteiger partial charge in [0, 0.05) is 13.5 Å². The van der Waals surface area contributed by atoms with Gasteiger partial charge < -0.3 is 25.0 Å². The molecule has 0 spiro atoms. The van der Waals surface area contributed by atoms with Crippen molar-refractivity contribution in [1.82, 2.24) is 15.5 Å². The number of esters is 1. The van der Waals surface area contributed by atoms with Gasteiger partial charge in [-0.1, -0.05) is 30.7 Å². The maximum atomic E-state index is 12.6. The minimum atomic E-state index is -0.887.